The molecule has 0 radical (unpaired) electrons. The molecule has 3 rings (SSSR count). The van der Waals surface area contributed by atoms with Crippen LogP contribution in [0.25, 0.3) is 11.0 Å². The Labute approximate surface area is 128 Å². The molecule has 0 unspecified atom stereocenters. The smallest absolute Gasteiger partial charge is 0.323 e. The van der Waals surface area contributed by atoms with Crippen LogP contribution in [-0.4, -0.2) is 28.6 Å². The maximum absolute atomic E-state index is 12.3. The van der Waals surface area contributed by atoms with E-state index in [-0.39, 0.29) is 23.6 Å². The Morgan fingerprint density at radius 1 is 1.36 bits per heavy atom. The van der Waals surface area contributed by atoms with E-state index in [0.717, 1.165) is 35.9 Å². The number of rotatable bonds is 4. The van der Waals surface area contributed by atoms with Crippen molar-refractivity contribution in [2.45, 2.75) is 38.8 Å². The summed E-state index contributed by atoms with van der Waals surface area (Å²) >= 11 is 0. The monoisotopic (exact) mass is 303 g/mol. The van der Waals surface area contributed by atoms with Crippen LogP contribution in [0.5, 0.6) is 0 Å². The number of aromatic amines is 2. The summed E-state index contributed by atoms with van der Waals surface area (Å²) < 4.78 is 5.60. The fraction of sp³-hybridized carbons (Fsp3) is 0.500. The van der Waals surface area contributed by atoms with Crippen molar-refractivity contribution in [2.24, 2.45) is 5.92 Å². The lowest BCUT2D eigenvalue weighted by atomic mass is 9.93. The summed E-state index contributed by atoms with van der Waals surface area (Å²) in [7, 11) is 0. The number of benzene rings is 1. The third-order valence-electron chi connectivity index (χ3n) is 4.24. The average molecular weight is 303 g/mol. The highest BCUT2D eigenvalue weighted by molar-refractivity contribution is 5.79. The van der Waals surface area contributed by atoms with E-state index in [9.17, 15) is 9.59 Å². The lowest BCUT2D eigenvalue weighted by Gasteiger charge is -2.28. The van der Waals surface area contributed by atoms with Crippen molar-refractivity contribution in [3.63, 3.8) is 0 Å². The predicted molar refractivity (Wildman–Crippen MR) is 83.5 cm³/mol. The molecule has 0 bridgehead atoms. The Morgan fingerprint density at radius 2 is 2.18 bits per heavy atom. The van der Waals surface area contributed by atoms with Gasteiger partial charge in [-0.15, -0.1) is 0 Å². The van der Waals surface area contributed by atoms with E-state index in [0.29, 0.717) is 13.2 Å². The molecule has 0 aliphatic carbocycles. The number of H-pyrrole nitrogens is 2. The van der Waals surface area contributed by atoms with E-state index in [2.05, 4.69) is 22.2 Å². The minimum atomic E-state index is -0.219. The molecule has 1 aromatic carbocycles. The molecular weight excluding hydrogens is 282 g/mol. The summed E-state index contributed by atoms with van der Waals surface area (Å²) in [5, 5.41) is 2.99. The van der Waals surface area contributed by atoms with Gasteiger partial charge < -0.3 is 20.0 Å². The summed E-state index contributed by atoms with van der Waals surface area (Å²) in [4.78, 5) is 28.9. The van der Waals surface area contributed by atoms with Crippen molar-refractivity contribution in [1.82, 2.24) is 15.3 Å². The summed E-state index contributed by atoms with van der Waals surface area (Å²) in [6.45, 7) is 3.21. The highest BCUT2D eigenvalue weighted by Gasteiger charge is 2.26. The second-order valence-corrected chi connectivity index (χ2v) is 5.80. The fourth-order valence-electron chi connectivity index (χ4n) is 2.93. The molecule has 1 aromatic heterocycles. The quantitative estimate of drug-likeness (QED) is 0.803. The van der Waals surface area contributed by atoms with Crippen molar-refractivity contribution in [3.05, 3.63) is 34.2 Å². The zero-order chi connectivity index (χ0) is 15.5. The molecule has 2 heterocycles. The average Bonchev–Trinajstić information content (AvgIpc) is 2.91. The van der Waals surface area contributed by atoms with Gasteiger partial charge >= 0.3 is 5.69 Å². The Hall–Kier alpha value is -2.08. The van der Waals surface area contributed by atoms with Crippen LogP contribution in [0.4, 0.5) is 0 Å². The molecule has 0 saturated carbocycles. The molecule has 1 amide bonds. The topological polar surface area (TPSA) is 87.0 Å². The van der Waals surface area contributed by atoms with E-state index in [4.69, 9.17) is 4.74 Å². The van der Waals surface area contributed by atoms with Gasteiger partial charge in [-0.3, -0.25) is 4.79 Å². The Morgan fingerprint density at radius 3 is 3.00 bits per heavy atom. The van der Waals surface area contributed by atoms with Gasteiger partial charge in [-0.2, -0.15) is 0 Å². The van der Waals surface area contributed by atoms with Crippen molar-refractivity contribution in [1.29, 1.82) is 0 Å². The number of hydrogen-bond acceptors (Lipinski definition) is 3. The van der Waals surface area contributed by atoms with E-state index in [1.54, 1.807) is 0 Å². The van der Waals surface area contributed by atoms with Gasteiger partial charge in [-0.1, -0.05) is 13.0 Å². The first-order chi connectivity index (χ1) is 10.7. The van der Waals surface area contributed by atoms with Crippen LogP contribution in [0.15, 0.2) is 23.0 Å². The zero-order valence-corrected chi connectivity index (χ0v) is 12.6. The number of aromatic nitrogens is 2. The molecule has 1 fully saturated rings. The van der Waals surface area contributed by atoms with Crippen LogP contribution in [0.3, 0.4) is 0 Å². The first-order valence-corrected chi connectivity index (χ1v) is 7.76. The largest absolute Gasteiger partial charge is 0.378 e. The number of carbonyl (C=O) groups is 1. The van der Waals surface area contributed by atoms with Gasteiger partial charge in [0, 0.05) is 19.1 Å². The minimum absolute atomic E-state index is 0.0366. The van der Waals surface area contributed by atoms with Crippen LogP contribution >= 0.6 is 0 Å². The lowest BCUT2D eigenvalue weighted by Crippen LogP contribution is -2.36. The van der Waals surface area contributed by atoms with Crippen molar-refractivity contribution >= 4 is 16.9 Å². The highest BCUT2D eigenvalue weighted by Crippen LogP contribution is 2.22. The summed E-state index contributed by atoms with van der Waals surface area (Å²) in [5.74, 6) is 0.124. The Bertz CT molecular complexity index is 719. The van der Waals surface area contributed by atoms with Gasteiger partial charge in [0.1, 0.15) is 0 Å². The number of carbonyl (C=O) groups excluding carboxylic acids is 1. The SMILES string of the molecule is CC[C@H]1C[C@@H](C(=O)NCc2ccc3[nH]c(=O)[nH]c3c2)CCO1. The molecule has 1 aliphatic rings. The fourth-order valence-corrected chi connectivity index (χ4v) is 2.93. The maximum atomic E-state index is 12.3. The lowest BCUT2D eigenvalue weighted by molar-refractivity contribution is -0.130. The van der Waals surface area contributed by atoms with Gasteiger partial charge in [0.05, 0.1) is 17.1 Å². The summed E-state index contributed by atoms with van der Waals surface area (Å²) in [5.41, 5.74) is 2.28. The Kier molecular flexibility index (Phi) is 4.29. The molecule has 2 atom stereocenters. The van der Waals surface area contributed by atoms with Gasteiger partial charge in [0.15, 0.2) is 0 Å². The van der Waals surface area contributed by atoms with Crippen LogP contribution < -0.4 is 11.0 Å². The second kappa shape index (κ2) is 6.36. The highest BCUT2D eigenvalue weighted by atomic mass is 16.5. The normalized spacial score (nSPS) is 21.9. The molecular formula is C16H21N3O3. The Balaban J connectivity index is 1.60. The maximum Gasteiger partial charge on any atom is 0.323 e. The molecule has 0 spiro atoms. The van der Waals surface area contributed by atoms with E-state index in [1.807, 2.05) is 18.2 Å². The first-order valence-electron chi connectivity index (χ1n) is 7.76. The number of fused-ring (bicyclic) bond motifs is 1. The van der Waals surface area contributed by atoms with Gasteiger partial charge in [-0.25, -0.2) is 4.79 Å². The van der Waals surface area contributed by atoms with Crippen LogP contribution in [0.1, 0.15) is 31.7 Å². The summed E-state index contributed by atoms with van der Waals surface area (Å²) in [6, 6.07) is 5.63. The minimum Gasteiger partial charge on any atom is -0.378 e. The molecule has 1 saturated heterocycles. The van der Waals surface area contributed by atoms with Gasteiger partial charge in [0.2, 0.25) is 5.91 Å². The van der Waals surface area contributed by atoms with Gasteiger partial charge in [0.25, 0.3) is 0 Å². The van der Waals surface area contributed by atoms with E-state index < -0.39 is 0 Å². The third-order valence-corrected chi connectivity index (χ3v) is 4.24. The molecule has 1 aliphatic heterocycles. The van der Waals surface area contributed by atoms with Crippen LogP contribution in [0.2, 0.25) is 0 Å². The molecule has 6 heteroatoms. The predicted octanol–water partition coefficient (Wildman–Crippen LogP) is 1.68. The molecule has 6 nitrogen and oxygen atoms in total. The number of ether oxygens (including phenoxy) is 1. The number of hydrogen-bond donors (Lipinski definition) is 3. The van der Waals surface area contributed by atoms with E-state index in [1.165, 1.54) is 0 Å². The van der Waals surface area contributed by atoms with Crippen LogP contribution in [0, 0.1) is 5.92 Å². The molecule has 3 N–H and O–H groups in total. The first kappa shape index (κ1) is 14.8. The van der Waals surface area contributed by atoms with Gasteiger partial charge in [-0.05, 0) is 37.0 Å². The molecule has 118 valence electrons. The third kappa shape index (κ3) is 3.22. The standard InChI is InChI=1S/C16H21N3O3/c1-2-12-8-11(5-6-22-12)15(20)17-9-10-3-4-13-14(7-10)19-16(21)18-13/h3-4,7,11-12H,2,5-6,8-9H2,1H3,(H,17,20)(H2,18,19,21)/t11-,12-/m0/s1. The van der Waals surface area contributed by atoms with Crippen molar-refractivity contribution in [2.75, 3.05) is 6.61 Å². The van der Waals surface area contributed by atoms with E-state index >= 15 is 0 Å². The summed E-state index contributed by atoms with van der Waals surface area (Å²) in [6.07, 6.45) is 2.73. The number of nitrogens with one attached hydrogen (secondary N) is 3. The number of imidazole rings is 1. The van der Waals surface area contributed by atoms with Crippen molar-refractivity contribution < 1.29 is 9.53 Å². The second-order valence-electron chi connectivity index (χ2n) is 5.80. The molecule has 2 aromatic rings. The molecule has 22 heavy (non-hydrogen) atoms. The zero-order valence-electron chi connectivity index (χ0n) is 12.6. The van der Waals surface area contributed by atoms with Crippen molar-refractivity contribution in [3.8, 4) is 0 Å². The van der Waals surface area contributed by atoms with Crippen LogP contribution in [-0.2, 0) is 16.1 Å². The number of amides is 1.